The predicted molar refractivity (Wildman–Crippen MR) is 109 cm³/mol. The van der Waals surface area contributed by atoms with E-state index in [1.54, 1.807) is 30.5 Å². The molecule has 3 heterocycles. The molecule has 1 saturated heterocycles. The van der Waals surface area contributed by atoms with Crippen molar-refractivity contribution >= 4 is 29.0 Å². The number of benzene rings is 1. The summed E-state index contributed by atoms with van der Waals surface area (Å²) in [4.78, 5) is 14.8. The Labute approximate surface area is 172 Å². The van der Waals surface area contributed by atoms with Crippen molar-refractivity contribution in [3.63, 3.8) is 0 Å². The summed E-state index contributed by atoms with van der Waals surface area (Å²) in [5, 5.41) is 21.1. The second-order valence-electron chi connectivity index (χ2n) is 6.83. The molecule has 7 nitrogen and oxygen atoms in total. The van der Waals surface area contributed by atoms with Crippen molar-refractivity contribution in [1.29, 1.82) is 5.26 Å². The molecule has 4 rings (SSSR count). The predicted octanol–water partition coefficient (Wildman–Crippen LogP) is 4.12. The fraction of sp³-hybridized carbons (Fsp3) is 0.238. The van der Waals surface area contributed by atoms with Gasteiger partial charge in [0, 0.05) is 18.1 Å². The van der Waals surface area contributed by atoms with Gasteiger partial charge in [0.2, 0.25) is 5.91 Å². The van der Waals surface area contributed by atoms with Gasteiger partial charge >= 0.3 is 0 Å². The highest BCUT2D eigenvalue weighted by Gasteiger charge is 2.27. The molecule has 3 aromatic rings. The number of nitrogens with one attached hydrogen (secondary N) is 1. The number of amides is 1. The molecule has 1 amide bonds. The molecule has 1 aromatic carbocycles. The number of hydrogen-bond donors (Lipinski definition) is 1. The van der Waals surface area contributed by atoms with Crippen LogP contribution in [0.2, 0.25) is 5.02 Å². The lowest BCUT2D eigenvalue weighted by Crippen LogP contribution is -2.41. The van der Waals surface area contributed by atoms with Gasteiger partial charge in [-0.25, -0.2) is 0 Å². The Kier molecular flexibility index (Phi) is 5.45. The van der Waals surface area contributed by atoms with Gasteiger partial charge in [0.25, 0.3) is 0 Å². The molecule has 1 N–H and O–H groups in total. The average molecular weight is 408 g/mol. The van der Waals surface area contributed by atoms with Crippen LogP contribution in [-0.2, 0) is 4.79 Å². The van der Waals surface area contributed by atoms with Crippen LogP contribution in [0.3, 0.4) is 0 Å². The van der Waals surface area contributed by atoms with Crippen molar-refractivity contribution in [1.82, 2.24) is 10.2 Å². The number of aromatic nitrogens is 2. The number of carbonyl (C=O) groups excluding carboxylic acids is 1. The summed E-state index contributed by atoms with van der Waals surface area (Å²) >= 11 is 6.01. The smallest absolute Gasteiger partial charge is 0.229 e. The van der Waals surface area contributed by atoms with Crippen LogP contribution < -0.4 is 10.2 Å². The van der Waals surface area contributed by atoms with Gasteiger partial charge in [0.05, 0.1) is 23.4 Å². The van der Waals surface area contributed by atoms with E-state index in [1.165, 1.54) is 0 Å². The Bertz CT molecular complexity index is 1040. The third-order valence-corrected chi connectivity index (χ3v) is 5.14. The molecule has 0 bridgehead atoms. The normalized spacial score (nSPS) is 16.3. The summed E-state index contributed by atoms with van der Waals surface area (Å²) in [5.74, 6) is 1.03. The monoisotopic (exact) mass is 407 g/mol. The first-order valence-electron chi connectivity index (χ1n) is 9.27. The van der Waals surface area contributed by atoms with E-state index in [2.05, 4.69) is 26.5 Å². The van der Waals surface area contributed by atoms with Crippen LogP contribution in [-0.4, -0.2) is 29.2 Å². The lowest BCUT2D eigenvalue weighted by atomic mass is 9.97. The van der Waals surface area contributed by atoms with Crippen LogP contribution in [0.4, 0.5) is 11.5 Å². The third-order valence-electron chi connectivity index (χ3n) is 4.90. The first-order valence-corrected chi connectivity index (χ1v) is 9.65. The SMILES string of the molecule is N#Cc1ccc(Cl)cc1NC(=O)C1CCCN(c2ccc(-c3ccco3)nn2)C1. The minimum absolute atomic E-state index is 0.131. The summed E-state index contributed by atoms with van der Waals surface area (Å²) in [6.07, 6.45) is 3.22. The van der Waals surface area contributed by atoms with E-state index in [-0.39, 0.29) is 11.8 Å². The molecule has 0 spiro atoms. The minimum Gasteiger partial charge on any atom is -0.463 e. The Morgan fingerprint density at radius 2 is 2.17 bits per heavy atom. The second-order valence-corrected chi connectivity index (χ2v) is 7.27. The summed E-state index contributed by atoms with van der Waals surface area (Å²) in [7, 11) is 0. The molecule has 1 atom stereocenters. The van der Waals surface area contributed by atoms with Crippen molar-refractivity contribution in [2.45, 2.75) is 12.8 Å². The van der Waals surface area contributed by atoms with Crippen molar-refractivity contribution in [3.05, 3.63) is 59.3 Å². The van der Waals surface area contributed by atoms with Gasteiger partial charge in [0.1, 0.15) is 11.8 Å². The zero-order valence-electron chi connectivity index (χ0n) is 15.5. The number of rotatable bonds is 4. The molecular formula is C21H18ClN5O2. The van der Waals surface area contributed by atoms with Crippen molar-refractivity contribution in [2.24, 2.45) is 5.92 Å². The van der Waals surface area contributed by atoms with Crippen molar-refractivity contribution in [3.8, 4) is 17.5 Å². The second kappa shape index (κ2) is 8.33. The molecule has 146 valence electrons. The first-order chi connectivity index (χ1) is 14.1. The Morgan fingerprint density at radius 3 is 2.90 bits per heavy atom. The minimum atomic E-state index is -0.221. The van der Waals surface area contributed by atoms with Crippen molar-refractivity contribution in [2.75, 3.05) is 23.3 Å². The maximum Gasteiger partial charge on any atom is 0.229 e. The standard InChI is InChI=1S/C21H18ClN5O2/c22-16-6-5-14(12-23)18(11-16)24-21(28)15-3-1-9-27(13-15)20-8-7-17(25-26-20)19-4-2-10-29-19/h2,4-8,10-11,15H,1,3,9,13H2,(H,24,28). The number of carbonyl (C=O) groups is 1. The van der Waals surface area contributed by atoms with E-state index >= 15 is 0 Å². The van der Waals surface area contributed by atoms with Crippen LogP contribution in [0.15, 0.2) is 53.1 Å². The van der Waals surface area contributed by atoms with Gasteiger partial charge in [-0.15, -0.1) is 10.2 Å². The summed E-state index contributed by atoms with van der Waals surface area (Å²) in [5.41, 5.74) is 1.48. The molecular weight excluding hydrogens is 390 g/mol. The van der Waals surface area contributed by atoms with Crippen LogP contribution in [0.25, 0.3) is 11.5 Å². The van der Waals surface area contributed by atoms with Gasteiger partial charge < -0.3 is 14.6 Å². The molecule has 1 fully saturated rings. The van der Waals surface area contributed by atoms with E-state index < -0.39 is 0 Å². The lowest BCUT2D eigenvalue weighted by Gasteiger charge is -2.32. The van der Waals surface area contributed by atoms with Crippen LogP contribution in [0, 0.1) is 17.2 Å². The van der Waals surface area contributed by atoms with Crippen LogP contribution in [0.5, 0.6) is 0 Å². The van der Waals surface area contributed by atoms with Gasteiger partial charge in [-0.1, -0.05) is 11.6 Å². The Morgan fingerprint density at radius 1 is 1.28 bits per heavy atom. The van der Waals surface area contributed by atoms with Gasteiger partial charge in [-0.2, -0.15) is 5.26 Å². The number of halogens is 1. The van der Waals surface area contributed by atoms with E-state index in [9.17, 15) is 10.1 Å². The number of furan rings is 1. The molecule has 8 heteroatoms. The van der Waals surface area contributed by atoms with Gasteiger partial charge in [-0.05, 0) is 55.3 Å². The van der Waals surface area contributed by atoms with Gasteiger partial charge in [0.15, 0.2) is 11.6 Å². The fourth-order valence-electron chi connectivity index (χ4n) is 3.40. The Hall–Kier alpha value is -3.37. The highest BCUT2D eigenvalue weighted by atomic mass is 35.5. The van der Waals surface area contributed by atoms with Gasteiger partial charge in [-0.3, -0.25) is 4.79 Å². The highest BCUT2D eigenvalue weighted by Crippen LogP contribution is 2.26. The van der Waals surface area contributed by atoms with Crippen LogP contribution >= 0.6 is 11.6 Å². The molecule has 1 aliphatic rings. The molecule has 0 radical (unpaired) electrons. The Balaban J connectivity index is 1.45. The van der Waals surface area contributed by atoms with Crippen LogP contribution in [0.1, 0.15) is 18.4 Å². The lowest BCUT2D eigenvalue weighted by molar-refractivity contribution is -0.120. The molecule has 29 heavy (non-hydrogen) atoms. The zero-order valence-corrected chi connectivity index (χ0v) is 16.3. The van der Waals surface area contributed by atoms with E-state index in [0.717, 1.165) is 25.2 Å². The molecule has 1 aliphatic heterocycles. The topological polar surface area (TPSA) is 95.1 Å². The van der Waals surface area contributed by atoms with E-state index in [0.29, 0.717) is 34.3 Å². The van der Waals surface area contributed by atoms with Crippen molar-refractivity contribution < 1.29 is 9.21 Å². The summed E-state index contributed by atoms with van der Waals surface area (Å²) < 4.78 is 5.34. The van der Waals surface area contributed by atoms with E-state index in [1.807, 2.05) is 18.2 Å². The summed E-state index contributed by atoms with van der Waals surface area (Å²) in [6.45, 7) is 1.34. The number of nitriles is 1. The first kappa shape index (κ1) is 19.0. The largest absolute Gasteiger partial charge is 0.463 e. The molecule has 1 unspecified atom stereocenters. The maximum atomic E-state index is 12.8. The zero-order chi connectivity index (χ0) is 20.2. The van der Waals surface area contributed by atoms with E-state index in [4.69, 9.17) is 16.0 Å². The maximum absolute atomic E-state index is 12.8. The molecule has 2 aromatic heterocycles. The number of anilines is 2. The number of hydrogen-bond acceptors (Lipinski definition) is 6. The fourth-order valence-corrected chi connectivity index (χ4v) is 3.57. The average Bonchev–Trinajstić information content (AvgIpc) is 3.29. The number of nitrogens with zero attached hydrogens (tertiary/aromatic N) is 4. The highest BCUT2D eigenvalue weighted by molar-refractivity contribution is 6.31. The number of piperidine rings is 1. The molecule has 0 saturated carbocycles. The quantitative estimate of drug-likeness (QED) is 0.699. The summed E-state index contributed by atoms with van der Waals surface area (Å²) in [6, 6.07) is 14.3. The molecule has 0 aliphatic carbocycles. The third kappa shape index (κ3) is 4.23.